The standard InChI is InChI=1S/C18H21N3O2/c22-15-18(13-5-1-2-6-14(13)19-15)20-17(9-3-4-10-17)16(23)21(18)11-12-7-8-12/h1-2,5-6,12,20H,3-4,7-11H2,(H,19,22)/t18-/m1/s1. The molecule has 3 fully saturated rings. The molecule has 4 aliphatic rings. The number of anilines is 1. The highest BCUT2D eigenvalue weighted by atomic mass is 16.2. The summed E-state index contributed by atoms with van der Waals surface area (Å²) in [7, 11) is 0. The second kappa shape index (κ2) is 4.35. The van der Waals surface area contributed by atoms with Crippen molar-refractivity contribution in [3.05, 3.63) is 29.8 Å². The highest BCUT2D eigenvalue weighted by molar-refractivity contribution is 6.10. The fourth-order valence-electron chi connectivity index (χ4n) is 4.61. The van der Waals surface area contributed by atoms with E-state index in [2.05, 4.69) is 10.6 Å². The SMILES string of the molecule is O=C1N(CC2CC2)[C@@]2(NC13CCCC3)C(=O)Nc1ccccc12. The number of carbonyl (C=O) groups excluding carboxylic acids is 2. The fourth-order valence-corrected chi connectivity index (χ4v) is 4.61. The van der Waals surface area contributed by atoms with Crippen LogP contribution in [0.25, 0.3) is 0 Å². The van der Waals surface area contributed by atoms with Crippen LogP contribution in [0.1, 0.15) is 44.1 Å². The maximum atomic E-state index is 13.3. The second-order valence-electron chi connectivity index (χ2n) is 7.48. The molecule has 23 heavy (non-hydrogen) atoms. The molecule has 2 aliphatic heterocycles. The predicted molar refractivity (Wildman–Crippen MR) is 85.5 cm³/mol. The van der Waals surface area contributed by atoms with Gasteiger partial charge in [0.15, 0.2) is 0 Å². The summed E-state index contributed by atoms with van der Waals surface area (Å²) >= 11 is 0. The number of amides is 2. The summed E-state index contributed by atoms with van der Waals surface area (Å²) < 4.78 is 0. The van der Waals surface area contributed by atoms with Gasteiger partial charge in [-0.1, -0.05) is 31.0 Å². The normalized spacial score (nSPS) is 31.2. The smallest absolute Gasteiger partial charge is 0.270 e. The van der Waals surface area contributed by atoms with Crippen molar-refractivity contribution in [2.75, 3.05) is 11.9 Å². The van der Waals surface area contributed by atoms with Crippen LogP contribution in [0.2, 0.25) is 0 Å². The Labute approximate surface area is 135 Å². The molecule has 2 saturated carbocycles. The van der Waals surface area contributed by atoms with E-state index in [1.165, 1.54) is 0 Å². The summed E-state index contributed by atoms with van der Waals surface area (Å²) in [4.78, 5) is 28.1. The Morgan fingerprint density at radius 2 is 1.87 bits per heavy atom. The molecule has 0 unspecified atom stereocenters. The molecule has 2 amide bonds. The van der Waals surface area contributed by atoms with Gasteiger partial charge in [0.2, 0.25) is 11.6 Å². The Bertz CT molecular complexity index is 706. The number of benzene rings is 1. The summed E-state index contributed by atoms with van der Waals surface area (Å²) in [5.74, 6) is 0.583. The van der Waals surface area contributed by atoms with Crippen molar-refractivity contribution in [1.82, 2.24) is 10.2 Å². The summed E-state index contributed by atoms with van der Waals surface area (Å²) in [6, 6.07) is 7.76. The van der Waals surface area contributed by atoms with Crippen molar-refractivity contribution in [3.63, 3.8) is 0 Å². The molecule has 5 rings (SSSR count). The lowest BCUT2D eigenvalue weighted by Crippen LogP contribution is -2.56. The highest BCUT2D eigenvalue weighted by Crippen LogP contribution is 2.50. The van der Waals surface area contributed by atoms with E-state index < -0.39 is 11.2 Å². The van der Waals surface area contributed by atoms with Crippen LogP contribution in [0.4, 0.5) is 5.69 Å². The minimum atomic E-state index is -0.999. The van der Waals surface area contributed by atoms with E-state index in [9.17, 15) is 9.59 Å². The molecule has 2 N–H and O–H groups in total. The zero-order valence-corrected chi connectivity index (χ0v) is 13.1. The van der Waals surface area contributed by atoms with Gasteiger partial charge in [0.05, 0.1) is 0 Å². The zero-order chi connectivity index (χ0) is 15.7. The maximum absolute atomic E-state index is 13.3. The van der Waals surface area contributed by atoms with Crippen LogP contribution in [-0.2, 0) is 15.3 Å². The van der Waals surface area contributed by atoms with Gasteiger partial charge < -0.3 is 10.2 Å². The lowest BCUT2D eigenvalue weighted by Gasteiger charge is -2.33. The van der Waals surface area contributed by atoms with Crippen molar-refractivity contribution in [3.8, 4) is 0 Å². The molecule has 2 heterocycles. The minimum absolute atomic E-state index is 0.100. The molecule has 0 bridgehead atoms. The average molecular weight is 311 g/mol. The lowest BCUT2D eigenvalue weighted by atomic mass is 9.96. The minimum Gasteiger partial charge on any atom is -0.322 e. The van der Waals surface area contributed by atoms with Crippen molar-refractivity contribution < 1.29 is 9.59 Å². The summed E-state index contributed by atoms with van der Waals surface area (Å²) in [6.45, 7) is 0.690. The first-order valence-corrected chi connectivity index (χ1v) is 8.68. The topological polar surface area (TPSA) is 61.4 Å². The van der Waals surface area contributed by atoms with E-state index in [0.717, 1.165) is 49.8 Å². The first-order chi connectivity index (χ1) is 11.2. The first-order valence-electron chi connectivity index (χ1n) is 8.68. The molecule has 2 aliphatic carbocycles. The van der Waals surface area contributed by atoms with Gasteiger partial charge in [0, 0.05) is 17.8 Å². The van der Waals surface area contributed by atoms with E-state index in [1.54, 1.807) is 0 Å². The van der Waals surface area contributed by atoms with Crippen LogP contribution in [0.5, 0.6) is 0 Å². The van der Waals surface area contributed by atoms with Crippen molar-refractivity contribution in [2.24, 2.45) is 5.92 Å². The van der Waals surface area contributed by atoms with Gasteiger partial charge in [-0.3, -0.25) is 14.9 Å². The molecule has 1 aromatic carbocycles. The summed E-state index contributed by atoms with van der Waals surface area (Å²) in [6.07, 6.45) is 6.10. The molecular formula is C18H21N3O2. The van der Waals surface area contributed by atoms with Crippen molar-refractivity contribution in [2.45, 2.75) is 49.7 Å². The number of carbonyl (C=O) groups is 2. The van der Waals surface area contributed by atoms with Gasteiger partial charge in [-0.15, -0.1) is 0 Å². The van der Waals surface area contributed by atoms with E-state index in [4.69, 9.17) is 0 Å². The first kappa shape index (κ1) is 13.5. The van der Waals surface area contributed by atoms with Crippen LogP contribution in [0.15, 0.2) is 24.3 Å². The summed E-state index contributed by atoms with van der Waals surface area (Å²) in [5, 5.41) is 6.53. The van der Waals surface area contributed by atoms with Crippen molar-refractivity contribution >= 4 is 17.5 Å². The molecule has 0 radical (unpaired) electrons. The number of rotatable bonds is 2. The summed E-state index contributed by atoms with van der Waals surface area (Å²) in [5.41, 5.74) is 0.195. The number of hydrogen-bond donors (Lipinski definition) is 2. The second-order valence-corrected chi connectivity index (χ2v) is 7.48. The third-order valence-corrected chi connectivity index (χ3v) is 5.97. The Morgan fingerprint density at radius 1 is 1.13 bits per heavy atom. The maximum Gasteiger partial charge on any atom is 0.270 e. The third-order valence-electron chi connectivity index (χ3n) is 5.97. The number of nitrogens with zero attached hydrogens (tertiary/aromatic N) is 1. The quantitative estimate of drug-likeness (QED) is 0.877. The van der Waals surface area contributed by atoms with Gasteiger partial charge in [0.25, 0.3) is 5.91 Å². The molecule has 5 heteroatoms. The average Bonchev–Trinajstić information content (AvgIpc) is 3.10. The molecule has 0 aromatic heterocycles. The Morgan fingerprint density at radius 3 is 2.61 bits per heavy atom. The van der Waals surface area contributed by atoms with E-state index in [0.29, 0.717) is 12.5 Å². The van der Waals surface area contributed by atoms with Gasteiger partial charge in [-0.2, -0.15) is 0 Å². The van der Waals surface area contributed by atoms with Gasteiger partial charge in [0.1, 0.15) is 5.54 Å². The van der Waals surface area contributed by atoms with Crippen LogP contribution in [-0.4, -0.2) is 28.8 Å². The zero-order valence-electron chi connectivity index (χ0n) is 13.1. The Kier molecular flexibility index (Phi) is 2.56. The molecule has 1 aromatic rings. The van der Waals surface area contributed by atoms with Crippen LogP contribution < -0.4 is 10.6 Å². The van der Waals surface area contributed by atoms with Gasteiger partial charge in [-0.05, 0) is 37.7 Å². The van der Waals surface area contributed by atoms with Crippen LogP contribution in [0, 0.1) is 5.92 Å². The van der Waals surface area contributed by atoms with E-state index in [1.807, 2.05) is 29.2 Å². The monoisotopic (exact) mass is 311 g/mol. The number of hydrogen-bond acceptors (Lipinski definition) is 3. The number of nitrogens with one attached hydrogen (secondary N) is 2. The molecule has 1 saturated heterocycles. The van der Waals surface area contributed by atoms with Crippen LogP contribution in [0.3, 0.4) is 0 Å². The predicted octanol–water partition coefficient (Wildman–Crippen LogP) is 1.95. The third kappa shape index (κ3) is 1.66. The molecule has 1 atom stereocenters. The lowest BCUT2D eigenvalue weighted by molar-refractivity contribution is -0.140. The van der Waals surface area contributed by atoms with Gasteiger partial charge >= 0.3 is 0 Å². The Hall–Kier alpha value is -1.88. The molecule has 5 nitrogen and oxygen atoms in total. The van der Waals surface area contributed by atoms with E-state index in [-0.39, 0.29) is 11.8 Å². The molecular weight excluding hydrogens is 290 g/mol. The highest BCUT2D eigenvalue weighted by Gasteiger charge is 2.66. The van der Waals surface area contributed by atoms with E-state index >= 15 is 0 Å². The Balaban J connectivity index is 1.67. The largest absolute Gasteiger partial charge is 0.322 e. The number of fused-ring (bicyclic) bond motifs is 2. The van der Waals surface area contributed by atoms with Crippen molar-refractivity contribution in [1.29, 1.82) is 0 Å². The molecule has 2 spiro atoms. The van der Waals surface area contributed by atoms with Gasteiger partial charge in [-0.25, -0.2) is 0 Å². The number of para-hydroxylation sites is 1. The molecule has 120 valence electrons. The fraction of sp³-hybridized carbons (Fsp3) is 0.556. The van der Waals surface area contributed by atoms with Crippen LogP contribution >= 0.6 is 0 Å².